The van der Waals surface area contributed by atoms with Gasteiger partial charge in [-0.25, -0.2) is 0 Å². The number of hydrogen-bond donors (Lipinski definition) is 2. The predicted octanol–water partition coefficient (Wildman–Crippen LogP) is -2.13. The molecule has 1 spiro atoms. The molecule has 0 saturated carbocycles. The van der Waals surface area contributed by atoms with Crippen molar-refractivity contribution in [2.75, 3.05) is 33.3 Å². The average molecular weight is 300 g/mol. The van der Waals surface area contributed by atoms with Crippen LogP contribution in [-0.2, 0) is 5.60 Å². The minimum atomic E-state index is -0.738. The Morgan fingerprint density at radius 2 is 1.90 bits per heavy atom. The average Bonchev–Trinajstić information content (AvgIpc) is 2.40. The summed E-state index contributed by atoms with van der Waals surface area (Å²) in [6.45, 7) is 3.61. The van der Waals surface area contributed by atoms with E-state index < -0.39 is 5.60 Å². The number of piperidine rings is 1. The number of rotatable bonds is 2. The van der Waals surface area contributed by atoms with Crippen molar-refractivity contribution in [1.82, 2.24) is 0 Å². The van der Waals surface area contributed by atoms with Gasteiger partial charge >= 0.3 is 0 Å². The Labute approximate surface area is 126 Å². The van der Waals surface area contributed by atoms with E-state index in [0.29, 0.717) is 0 Å². The molecule has 0 unspecified atom stereocenters. The van der Waals surface area contributed by atoms with E-state index in [0.717, 1.165) is 54.8 Å². The van der Waals surface area contributed by atoms with Gasteiger partial charge in [-0.2, -0.15) is 0 Å². The molecule has 0 atom stereocenters. The van der Waals surface area contributed by atoms with Gasteiger partial charge in [0.25, 0.3) is 0 Å². The van der Waals surface area contributed by atoms with Crippen molar-refractivity contribution >= 4 is 0 Å². The van der Waals surface area contributed by atoms with E-state index in [1.54, 1.807) is 7.11 Å². The number of aliphatic hydroxyl groups is 2. The van der Waals surface area contributed by atoms with Gasteiger partial charge in [-0.05, 0) is 17.7 Å². The Hall–Kier alpha value is -0.810. The van der Waals surface area contributed by atoms with Crippen molar-refractivity contribution in [3.8, 4) is 5.75 Å². The molecule has 1 aromatic rings. The molecular weight excluding hydrogens is 278 g/mol. The van der Waals surface area contributed by atoms with Crippen LogP contribution in [0.15, 0.2) is 24.3 Å². The minimum absolute atomic E-state index is 0. The maximum atomic E-state index is 10.9. The van der Waals surface area contributed by atoms with Crippen LogP contribution in [-0.4, -0.2) is 54.1 Å². The van der Waals surface area contributed by atoms with Gasteiger partial charge in [0.15, 0.2) is 6.10 Å². The predicted molar refractivity (Wildman–Crippen MR) is 71.9 cm³/mol. The second-order valence-electron chi connectivity index (χ2n) is 6.07. The van der Waals surface area contributed by atoms with E-state index in [2.05, 4.69) is 0 Å². The summed E-state index contributed by atoms with van der Waals surface area (Å²) in [6, 6.07) is 7.73. The molecule has 2 fully saturated rings. The molecule has 2 aliphatic rings. The van der Waals surface area contributed by atoms with Crippen LogP contribution in [0.3, 0.4) is 0 Å². The third-order valence-corrected chi connectivity index (χ3v) is 4.80. The van der Waals surface area contributed by atoms with Gasteiger partial charge < -0.3 is 31.8 Å². The lowest BCUT2D eigenvalue weighted by Gasteiger charge is -2.53. The van der Waals surface area contributed by atoms with Gasteiger partial charge in [0.1, 0.15) is 24.4 Å². The quantitative estimate of drug-likeness (QED) is 0.614. The molecule has 2 aliphatic heterocycles. The van der Waals surface area contributed by atoms with E-state index in [-0.39, 0.29) is 18.5 Å². The van der Waals surface area contributed by atoms with Gasteiger partial charge in [-0.3, -0.25) is 0 Å². The summed E-state index contributed by atoms with van der Waals surface area (Å²) in [5, 5.41) is 20.3. The van der Waals surface area contributed by atoms with Gasteiger partial charge in [0.05, 0.1) is 20.2 Å². The lowest BCUT2D eigenvalue weighted by molar-refractivity contribution is -0.978. The molecule has 0 radical (unpaired) electrons. The first-order valence-electron chi connectivity index (χ1n) is 6.95. The molecule has 0 amide bonds. The van der Waals surface area contributed by atoms with Crippen LogP contribution in [0.1, 0.15) is 18.4 Å². The molecule has 0 aromatic heterocycles. The second kappa shape index (κ2) is 5.53. The van der Waals surface area contributed by atoms with Crippen LogP contribution in [0.2, 0.25) is 0 Å². The second-order valence-corrected chi connectivity index (χ2v) is 6.07. The smallest absolute Gasteiger partial charge is 0.152 e. The van der Waals surface area contributed by atoms with E-state index >= 15 is 0 Å². The molecular formula is C15H22ClNO3. The minimum Gasteiger partial charge on any atom is -1.00 e. The Bertz CT molecular complexity index is 464. The fourth-order valence-electron chi connectivity index (χ4n) is 3.49. The summed E-state index contributed by atoms with van der Waals surface area (Å²) < 4.78 is 6.21. The number of ether oxygens (including phenoxy) is 1. The lowest BCUT2D eigenvalue weighted by Crippen LogP contribution is -3.00. The first-order valence-corrected chi connectivity index (χ1v) is 6.95. The SMILES string of the molecule is COc1cccc(C2(O)CC[N+]3(CC2)CC(O)C3)c1.[Cl-]. The topological polar surface area (TPSA) is 49.7 Å². The van der Waals surface area contributed by atoms with Crippen molar-refractivity contribution in [1.29, 1.82) is 0 Å². The van der Waals surface area contributed by atoms with E-state index in [1.807, 2.05) is 24.3 Å². The van der Waals surface area contributed by atoms with Crippen molar-refractivity contribution in [2.45, 2.75) is 24.5 Å². The molecule has 2 N–H and O–H groups in total. The Balaban J connectivity index is 0.00000147. The van der Waals surface area contributed by atoms with Gasteiger partial charge in [-0.15, -0.1) is 0 Å². The number of quaternary nitrogens is 1. The van der Waals surface area contributed by atoms with E-state index in [9.17, 15) is 10.2 Å². The van der Waals surface area contributed by atoms with Crippen molar-refractivity contribution in [3.05, 3.63) is 29.8 Å². The molecule has 3 rings (SSSR count). The fraction of sp³-hybridized carbons (Fsp3) is 0.600. The summed E-state index contributed by atoms with van der Waals surface area (Å²) in [6.07, 6.45) is 1.38. The standard InChI is InChI=1S/C15H22NO3.ClH/c1-19-14-4-2-3-12(9-14)15(18)5-7-16(8-6-15)10-13(17)11-16;/h2-4,9,13,17-18H,5-8,10-11H2,1H3;1H/q+1;/p-1. The molecule has 0 aliphatic carbocycles. The van der Waals surface area contributed by atoms with Gasteiger partial charge in [-0.1, -0.05) is 12.1 Å². The molecule has 2 saturated heterocycles. The number of benzene rings is 1. The number of hydrogen-bond acceptors (Lipinski definition) is 3. The highest BCUT2D eigenvalue weighted by Crippen LogP contribution is 2.39. The molecule has 112 valence electrons. The van der Waals surface area contributed by atoms with E-state index in [4.69, 9.17) is 4.74 Å². The Kier molecular flexibility index (Phi) is 4.30. The van der Waals surface area contributed by atoms with Crippen LogP contribution in [0.4, 0.5) is 0 Å². The third kappa shape index (κ3) is 2.66. The summed E-state index contributed by atoms with van der Waals surface area (Å²) in [5.41, 5.74) is 0.212. The van der Waals surface area contributed by atoms with Gasteiger partial charge in [0.2, 0.25) is 0 Å². The highest BCUT2D eigenvalue weighted by molar-refractivity contribution is 5.32. The number of halogens is 1. The zero-order valence-electron chi connectivity index (χ0n) is 11.8. The normalized spacial score (nSPS) is 36.0. The molecule has 0 bridgehead atoms. The van der Waals surface area contributed by atoms with E-state index in [1.165, 1.54) is 0 Å². The Morgan fingerprint density at radius 3 is 2.45 bits per heavy atom. The lowest BCUT2D eigenvalue weighted by atomic mass is 9.81. The fourth-order valence-corrected chi connectivity index (χ4v) is 3.49. The first-order chi connectivity index (χ1) is 9.05. The number of methoxy groups -OCH3 is 1. The molecule has 5 heteroatoms. The molecule has 1 aromatic carbocycles. The monoisotopic (exact) mass is 299 g/mol. The summed E-state index contributed by atoms with van der Waals surface area (Å²) in [7, 11) is 1.64. The zero-order chi connectivity index (χ0) is 13.5. The van der Waals surface area contributed by atoms with Crippen LogP contribution in [0.5, 0.6) is 5.75 Å². The van der Waals surface area contributed by atoms with Crippen molar-refractivity contribution < 1.29 is 31.8 Å². The molecule has 20 heavy (non-hydrogen) atoms. The highest BCUT2D eigenvalue weighted by atomic mass is 35.5. The van der Waals surface area contributed by atoms with Gasteiger partial charge in [0, 0.05) is 12.8 Å². The zero-order valence-corrected chi connectivity index (χ0v) is 12.5. The summed E-state index contributed by atoms with van der Waals surface area (Å²) >= 11 is 0. The number of nitrogens with zero attached hydrogens (tertiary/aromatic N) is 1. The van der Waals surface area contributed by atoms with Crippen LogP contribution in [0.25, 0.3) is 0 Å². The largest absolute Gasteiger partial charge is 1.00 e. The maximum absolute atomic E-state index is 10.9. The Morgan fingerprint density at radius 1 is 1.25 bits per heavy atom. The highest BCUT2D eigenvalue weighted by Gasteiger charge is 2.49. The van der Waals surface area contributed by atoms with Crippen molar-refractivity contribution in [2.24, 2.45) is 0 Å². The van der Waals surface area contributed by atoms with Crippen LogP contribution >= 0.6 is 0 Å². The summed E-state index contributed by atoms with van der Waals surface area (Å²) in [5.74, 6) is 0.791. The maximum Gasteiger partial charge on any atom is 0.152 e. The molecule has 4 nitrogen and oxygen atoms in total. The number of aliphatic hydroxyl groups excluding tert-OH is 1. The van der Waals surface area contributed by atoms with Crippen LogP contribution in [0, 0.1) is 0 Å². The molecule has 2 heterocycles. The van der Waals surface area contributed by atoms with Crippen molar-refractivity contribution in [3.63, 3.8) is 0 Å². The first kappa shape index (κ1) is 15.6. The van der Waals surface area contributed by atoms with Crippen LogP contribution < -0.4 is 17.1 Å². The third-order valence-electron chi connectivity index (χ3n) is 4.80. The summed E-state index contributed by atoms with van der Waals surface area (Å²) in [4.78, 5) is 0.